The Bertz CT molecular complexity index is 725. The zero-order valence-corrected chi connectivity index (χ0v) is 19.8. The first-order valence-electron chi connectivity index (χ1n) is 13.1. The zero-order chi connectivity index (χ0) is 22.1. The second kappa shape index (κ2) is 12.6. The molecule has 2 aliphatic carbocycles. The molecule has 2 fully saturated rings. The first-order chi connectivity index (χ1) is 15.1. The van der Waals surface area contributed by atoms with Crippen LogP contribution in [0.5, 0.6) is 0 Å². The van der Waals surface area contributed by atoms with Gasteiger partial charge in [-0.25, -0.2) is 8.78 Å². The molecule has 1 aromatic carbocycles. The second-order valence-electron chi connectivity index (χ2n) is 10.1. The lowest BCUT2D eigenvalue weighted by Gasteiger charge is -2.37. The van der Waals surface area contributed by atoms with Gasteiger partial charge in [0.15, 0.2) is 11.6 Å². The summed E-state index contributed by atoms with van der Waals surface area (Å²) < 4.78 is 28.2. The normalized spacial score (nSPS) is 26.3. The molecule has 3 rings (SSSR count). The molecule has 0 heterocycles. The fraction of sp³-hybridized carbons (Fsp3) is 0.724. The van der Waals surface area contributed by atoms with Gasteiger partial charge >= 0.3 is 0 Å². The molecule has 0 amide bonds. The van der Waals surface area contributed by atoms with Crippen molar-refractivity contribution >= 4 is 0 Å². The molecule has 1 aromatic rings. The van der Waals surface area contributed by atoms with Gasteiger partial charge in [-0.2, -0.15) is 0 Å². The molecule has 2 saturated carbocycles. The molecule has 0 saturated heterocycles. The van der Waals surface area contributed by atoms with Gasteiger partial charge in [-0.1, -0.05) is 83.1 Å². The zero-order valence-electron chi connectivity index (χ0n) is 19.8. The molecule has 0 aliphatic heterocycles. The van der Waals surface area contributed by atoms with Crippen molar-refractivity contribution < 1.29 is 8.78 Å². The fourth-order valence-corrected chi connectivity index (χ4v) is 5.86. The van der Waals surface area contributed by atoms with E-state index in [9.17, 15) is 8.78 Å². The Labute approximate surface area is 189 Å². The van der Waals surface area contributed by atoms with Crippen molar-refractivity contribution in [3.8, 4) is 11.8 Å². The Morgan fingerprint density at radius 3 is 2.06 bits per heavy atom. The van der Waals surface area contributed by atoms with Crippen molar-refractivity contribution in [3.63, 3.8) is 0 Å². The summed E-state index contributed by atoms with van der Waals surface area (Å²) in [6.07, 6.45) is 19.5. The number of halogens is 2. The van der Waals surface area contributed by atoms with E-state index in [-0.39, 0.29) is 5.56 Å². The second-order valence-corrected chi connectivity index (χ2v) is 10.1. The van der Waals surface area contributed by atoms with Gasteiger partial charge in [0, 0.05) is 5.92 Å². The largest absolute Gasteiger partial charge is 0.203 e. The van der Waals surface area contributed by atoms with Crippen LogP contribution in [0.3, 0.4) is 0 Å². The molecule has 0 atom stereocenters. The highest BCUT2D eigenvalue weighted by molar-refractivity contribution is 5.39. The highest BCUT2D eigenvalue weighted by Crippen LogP contribution is 2.42. The lowest BCUT2D eigenvalue weighted by atomic mass is 9.69. The van der Waals surface area contributed by atoms with E-state index in [2.05, 4.69) is 18.8 Å². The number of hydrogen-bond donors (Lipinski definition) is 0. The van der Waals surface area contributed by atoms with E-state index in [0.717, 1.165) is 30.6 Å². The van der Waals surface area contributed by atoms with Crippen LogP contribution in [0, 0.1) is 47.1 Å². The smallest absolute Gasteiger partial charge is 0.174 e. The molecule has 0 radical (unpaired) electrons. The predicted molar refractivity (Wildman–Crippen MR) is 127 cm³/mol. The van der Waals surface area contributed by atoms with Crippen LogP contribution in [-0.4, -0.2) is 0 Å². The monoisotopic (exact) mass is 428 g/mol. The summed E-state index contributed by atoms with van der Waals surface area (Å²) >= 11 is 0. The van der Waals surface area contributed by atoms with E-state index in [4.69, 9.17) is 0 Å². The number of hydrogen-bond acceptors (Lipinski definition) is 0. The summed E-state index contributed by atoms with van der Waals surface area (Å²) in [7, 11) is 0. The highest BCUT2D eigenvalue weighted by Gasteiger charge is 2.30. The Balaban J connectivity index is 1.39. The molecule has 0 bridgehead atoms. The lowest BCUT2D eigenvalue weighted by molar-refractivity contribution is 0.153. The Kier molecular flexibility index (Phi) is 9.89. The Morgan fingerprint density at radius 2 is 1.42 bits per heavy atom. The lowest BCUT2D eigenvalue weighted by Crippen LogP contribution is -2.25. The molecular formula is C29H42F2. The van der Waals surface area contributed by atoms with Crippen molar-refractivity contribution in [2.45, 2.75) is 110 Å². The Morgan fingerprint density at radius 1 is 0.774 bits per heavy atom. The quantitative estimate of drug-likeness (QED) is 0.286. The van der Waals surface area contributed by atoms with Gasteiger partial charge in [-0.05, 0) is 74.3 Å². The van der Waals surface area contributed by atoms with E-state index in [1.54, 1.807) is 12.1 Å². The summed E-state index contributed by atoms with van der Waals surface area (Å²) in [6.45, 7) is 4.12. The number of benzene rings is 1. The van der Waals surface area contributed by atoms with E-state index >= 15 is 0 Å². The average Bonchev–Trinajstić information content (AvgIpc) is 2.81. The van der Waals surface area contributed by atoms with Gasteiger partial charge in [-0.3, -0.25) is 0 Å². The van der Waals surface area contributed by atoms with Gasteiger partial charge in [0.1, 0.15) is 0 Å². The van der Waals surface area contributed by atoms with Crippen LogP contribution in [0.25, 0.3) is 0 Å². The highest BCUT2D eigenvalue weighted by atomic mass is 19.2. The van der Waals surface area contributed by atoms with Crippen LogP contribution in [-0.2, 0) is 6.42 Å². The van der Waals surface area contributed by atoms with Crippen molar-refractivity contribution in [3.05, 3.63) is 34.9 Å². The van der Waals surface area contributed by atoms with Crippen LogP contribution in [0.1, 0.15) is 115 Å². The molecule has 0 aromatic heterocycles. The summed E-state index contributed by atoms with van der Waals surface area (Å²) in [5.74, 6) is 7.79. The van der Waals surface area contributed by atoms with Crippen molar-refractivity contribution in [2.75, 3.05) is 0 Å². The molecule has 0 unspecified atom stereocenters. The van der Waals surface area contributed by atoms with Crippen LogP contribution in [0.2, 0.25) is 0 Å². The maximum Gasteiger partial charge on any atom is 0.174 e. The van der Waals surface area contributed by atoms with Crippen LogP contribution in [0.15, 0.2) is 12.1 Å². The van der Waals surface area contributed by atoms with Crippen molar-refractivity contribution in [2.24, 2.45) is 23.7 Å². The third-order valence-electron chi connectivity index (χ3n) is 8.00. The SMILES string of the molecule is CCCCCCCC1CCC(C2CCC(C#Cc3ccc(CC)c(F)c3F)CC2)CC1. The number of rotatable bonds is 8. The van der Waals surface area contributed by atoms with Crippen LogP contribution in [0.4, 0.5) is 8.78 Å². The molecular weight excluding hydrogens is 386 g/mol. The van der Waals surface area contributed by atoms with Crippen molar-refractivity contribution in [1.82, 2.24) is 0 Å². The van der Waals surface area contributed by atoms with E-state index in [0.29, 0.717) is 17.9 Å². The van der Waals surface area contributed by atoms with Gasteiger partial charge < -0.3 is 0 Å². The van der Waals surface area contributed by atoms with Gasteiger partial charge in [0.25, 0.3) is 0 Å². The minimum absolute atomic E-state index is 0.213. The molecule has 31 heavy (non-hydrogen) atoms. The molecule has 2 heteroatoms. The third kappa shape index (κ3) is 7.06. The summed E-state index contributed by atoms with van der Waals surface area (Å²) in [5, 5.41) is 0. The van der Waals surface area contributed by atoms with Crippen LogP contribution < -0.4 is 0 Å². The molecule has 2 aliphatic rings. The Hall–Kier alpha value is -1.36. The van der Waals surface area contributed by atoms with E-state index in [1.807, 2.05) is 6.92 Å². The topological polar surface area (TPSA) is 0 Å². The van der Waals surface area contributed by atoms with Crippen molar-refractivity contribution in [1.29, 1.82) is 0 Å². The minimum atomic E-state index is -0.775. The minimum Gasteiger partial charge on any atom is -0.203 e. The third-order valence-corrected chi connectivity index (χ3v) is 8.00. The summed E-state index contributed by atoms with van der Waals surface area (Å²) in [6, 6.07) is 3.30. The van der Waals surface area contributed by atoms with Crippen LogP contribution >= 0.6 is 0 Å². The van der Waals surface area contributed by atoms with Gasteiger partial charge in [0.05, 0.1) is 5.56 Å². The molecule has 0 nitrogen and oxygen atoms in total. The van der Waals surface area contributed by atoms with Gasteiger partial charge in [0.2, 0.25) is 0 Å². The van der Waals surface area contributed by atoms with E-state index < -0.39 is 11.6 Å². The van der Waals surface area contributed by atoms with E-state index in [1.165, 1.54) is 77.0 Å². The van der Waals surface area contributed by atoms with Gasteiger partial charge in [-0.15, -0.1) is 0 Å². The maximum absolute atomic E-state index is 14.2. The fourth-order valence-electron chi connectivity index (χ4n) is 5.86. The standard InChI is InChI=1S/C29H42F2/c1-3-5-6-7-8-9-22-10-15-25(16-11-22)26-17-12-23(13-18-26)14-19-27-21-20-24(4-2)28(30)29(27)31/h20-23,25-26H,3-13,15-18H2,1-2H3. The number of unbranched alkanes of at least 4 members (excludes halogenated alkanes) is 4. The molecule has 0 N–H and O–H groups in total. The predicted octanol–water partition coefficient (Wildman–Crippen LogP) is 8.85. The first-order valence-corrected chi connectivity index (χ1v) is 13.1. The average molecular weight is 429 g/mol. The molecule has 172 valence electrons. The number of aryl methyl sites for hydroxylation is 1. The summed E-state index contributed by atoms with van der Waals surface area (Å²) in [5.41, 5.74) is 0.639. The maximum atomic E-state index is 14.2. The summed E-state index contributed by atoms with van der Waals surface area (Å²) in [4.78, 5) is 0. The first kappa shape index (κ1) is 24.3. The molecule has 0 spiro atoms.